The first-order valence-corrected chi connectivity index (χ1v) is 10.8. The summed E-state index contributed by atoms with van der Waals surface area (Å²) in [4.78, 5) is 40.0. The highest BCUT2D eigenvalue weighted by Crippen LogP contribution is 2.23. The second kappa shape index (κ2) is 11.3. The molecule has 3 rings (SSSR count). The maximum absolute atomic E-state index is 13.5. The van der Waals surface area contributed by atoms with Crippen LogP contribution in [0.4, 0.5) is 4.39 Å². The third-order valence-electron chi connectivity index (χ3n) is 5.71. The third-order valence-corrected chi connectivity index (χ3v) is 5.71. The molecule has 1 heterocycles. The zero-order chi connectivity index (χ0) is 23.8. The van der Waals surface area contributed by atoms with E-state index in [4.69, 9.17) is 4.74 Å². The number of rotatable bonds is 8. The fourth-order valence-electron chi connectivity index (χ4n) is 3.89. The lowest BCUT2D eigenvalue weighted by Crippen LogP contribution is -2.53. The quantitative estimate of drug-likeness (QED) is 0.602. The molecule has 1 saturated heterocycles. The van der Waals surface area contributed by atoms with E-state index < -0.39 is 11.9 Å². The molecule has 0 aromatic heterocycles. The van der Waals surface area contributed by atoms with Gasteiger partial charge in [0.25, 0.3) is 11.8 Å². The van der Waals surface area contributed by atoms with E-state index in [1.54, 1.807) is 48.4 Å². The van der Waals surface area contributed by atoms with Crippen LogP contribution in [-0.4, -0.2) is 55.4 Å². The van der Waals surface area contributed by atoms with E-state index in [1.807, 2.05) is 0 Å². The van der Waals surface area contributed by atoms with Gasteiger partial charge < -0.3 is 20.3 Å². The van der Waals surface area contributed by atoms with Crippen molar-refractivity contribution in [3.8, 4) is 5.75 Å². The van der Waals surface area contributed by atoms with Crippen molar-refractivity contribution in [1.29, 1.82) is 0 Å². The molecule has 1 fully saturated rings. The number of halogens is 1. The molecular formula is C25H28FN3O4. The molecule has 33 heavy (non-hydrogen) atoms. The fraction of sp³-hybridized carbons (Fsp3) is 0.320. The molecule has 174 valence electrons. The number of carbonyl (C=O) groups is 3. The topological polar surface area (TPSA) is 87.7 Å². The standard InChI is InChI=1S/C25H28FN3O4/c1-3-13-27-24(31)22(28-23(30)18-7-9-21(33-2)10-8-18)17-11-14-29(15-12-17)25(32)19-5-4-6-20(26)16-19/h3-10,16-17,22H,1,11-15H2,2H3,(H,27,31)(H,28,30). The highest BCUT2D eigenvalue weighted by atomic mass is 19.1. The number of hydrogen-bond acceptors (Lipinski definition) is 4. The Bertz CT molecular complexity index is 1000. The number of amides is 3. The molecule has 2 N–H and O–H groups in total. The molecule has 0 saturated carbocycles. The van der Waals surface area contributed by atoms with Crippen molar-refractivity contribution in [3.05, 3.63) is 78.1 Å². The Balaban J connectivity index is 1.68. The van der Waals surface area contributed by atoms with Gasteiger partial charge >= 0.3 is 0 Å². The van der Waals surface area contributed by atoms with Crippen LogP contribution in [0, 0.1) is 11.7 Å². The van der Waals surface area contributed by atoms with Crippen LogP contribution in [0.3, 0.4) is 0 Å². The molecule has 1 unspecified atom stereocenters. The van der Waals surface area contributed by atoms with Crippen LogP contribution in [0.25, 0.3) is 0 Å². The summed E-state index contributed by atoms with van der Waals surface area (Å²) in [6, 6.07) is 11.5. The van der Waals surface area contributed by atoms with Crippen molar-refractivity contribution in [2.75, 3.05) is 26.7 Å². The van der Waals surface area contributed by atoms with E-state index in [2.05, 4.69) is 17.2 Å². The number of benzene rings is 2. The lowest BCUT2D eigenvalue weighted by atomic mass is 9.88. The maximum Gasteiger partial charge on any atom is 0.253 e. The van der Waals surface area contributed by atoms with Gasteiger partial charge in [0.15, 0.2) is 0 Å². The number of piperidine rings is 1. The molecule has 0 bridgehead atoms. The van der Waals surface area contributed by atoms with Crippen molar-refractivity contribution in [2.24, 2.45) is 5.92 Å². The van der Waals surface area contributed by atoms with Crippen LogP contribution in [0.15, 0.2) is 61.2 Å². The summed E-state index contributed by atoms with van der Waals surface area (Å²) in [5, 5.41) is 5.61. The minimum Gasteiger partial charge on any atom is -0.497 e. The third kappa shape index (κ3) is 6.19. The molecule has 7 nitrogen and oxygen atoms in total. The number of nitrogens with zero attached hydrogens (tertiary/aromatic N) is 1. The summed E-state index contributed by atoms with van der Waals surface area (Å²) >= 11 is 0. The normalized spacial score (nSPS) is 14.8. The lowest BCUT2D eigenvalue weighted by molar-refractivity contribution is -0.124. The molecule has 8 heteroatoms. The second-order valence-corrected chi connectivity index (χ2v) is 7.85. The summed E-state index contributed by atoms with van der Waals surface area (Å²) in [5.41, 5.74) is 0.706. The Morgan fingerprint density at radius 3 is 2.45 bits per heavy atom. The van der Waals surface area contributed by atoms with Crippen LogP contribution in [0.1, 0.15) is 33.6 Å². The monoisotopic (exact) mass is 453 g/mol. The van der Waals surface area contributed by atoms with Crippen LogP contribution in [0.5, 0.6) is 5.75 Å². The molecular weight excluding hydrogens is 425 g/mol. The lowest BCUT2D eigenvalue weighted by Gasteiger charge is -2.35. The van der Waals surface area contributed by atoms with Crippen molar-refractivity contribution in [1.82, 2.24) is 15.5 Å². The molecule has 0 spiro atoms. The summed E-state index contributed by atoms with van der Waals surface area (Å²) in [5.74, 6) is -0.907. The van der Waals surface area contributed by atoms with Gasteiger partial charge in [0.1, 0.15) is 17.6 Å². The number of methoxy groups -OCH3 is 1. The maximum atomic E-state index is 13.5. The molecule has 0 aliphatic carbocycles. The highest BCUT2D eigenvalue weighted by Gasteiger charge is 2.34. The zero-order valence-electron chi connectivity index (χ0n) is 18.6. The fourth-order valence-corrected chi connectivity index (χ4v) is 3.89. The Kier molecular flexibility index (Phi) is 8.18. The van der Waals surface area contributed by atoms with Gasteiger partial charge in [-0.05, 0) is 61.2 Å². The average Bonchev–Trinajstić information content (AvgIpc) is 2.85. The summed E-state index contributed by atoms with van der Waals surface area (Å²) in [6.45, 7) is 4.70. The van der Waals surface area contributed by atoms with Crippen LogP contribution in [-0.2, 0) is 4.79 Å². The largest absolute Gasteiger partial charge is 0.497 e. The number of nitrogens with one attached hydrogen (secondary N) is 2. The Labute approximate surface area is 192 Å². The van der Waals surface area contributed by atoms with Gasteiger partial charge in [-0.1, -0.05) is 12.1 Å². The van der Waals surface area contributed by atoms with E-state index in [0.717, 1.165) is 0 Å². The van der Waals surface area contributed by atoms with Crippen LogP contribution < -0.4 is 15.4 Å². The van der Waals surface area contributed by atoms with Gasteiger partial charge in [0, 0.05) is 30.8 Å². The molecule has 3 amide bonds. The number of ether oxygens (including phenoxy) is 1. The predicted molar refractivity (Wildman–Crippen MR) is 122 cm³/mol. The smallest absolute Gasteiger partial charge is 0.253 e. The zero-order valence-corrected chi connectivity index (χ0v) is 18.6. The first kappa shape index (κ1) is 24.0. The van der Waals surface area contributed by atoms with E-state index in [9.17, 15) is 18.8 Å². The average molecular weight is 454 g/mol. The second-order valence-electron chi connectivity index (χ2n) is 7.85. The Morgan fingerprint density at radius 1 is 1.15 bits per heavy atom. The molecule has 1 aliphatic heterocycles. The molecule has 1 atom stereocenters. The van der Waals surface area contributed by atoms with E-state index in [-0.39, 0.29) is 30.2 Å². The number of carbonyl (C=O) groups excluding carboxylic acids is 3. The summed E-state index contributed by atoms with van der Waals surface area (Å²) < 4.78 is 18.6. The molecule has 0 radical (unpaired) electrons. The number of hydrogen-bond donors (Lipinski definition) is 2. The van der Waals surface area contributed by atoms with Gasteiger partial charge in [-0.15, -0.1) is 6.58 Å². The van der Waals surface area contributed by atoms with E-state index >= 15 is 0 Å². The Hall–Kier alpha value is -3.68. The predicted octanol–water partition coefficient (Wildman–Crippen LogP) is 2.79. The highest BCUT2D eigenvalue weighted by molar-refractivity contribution is 5.98. The van der Waals surface area contributed by atoms with Gasteiger partial charge in [-0.3, -0.25) is 14.4 Å². The van der Waals surface area contributed by atoms with Crippen molar-refractivity contribution >= 4 is 17.7 Å². The summed E-state index contributed by atoms with van der Waals surface area (Å²) in [7, 11) is 1.54. The Morgan fingerprint density at radius 2 is 1.85 bits per heavy atom. The molecule has 1 aliphatic rings. The van der Waals surface area contributed by atoms with E-state index in [0.29, 0.717) is 42.8 Å². The summed E-state index contributed by atoms with van der Waals surface area (Å²) in [6.07, 6.45) is 2.62. The minimum absolute atomic E-state index is 0.159. The molecule has 2 aromatic rings. The molecule has 2 aromatic carbocycles. The minimum atomic E-state index is -0.758. The van der Waals surface area contributed by atoms with Gasteiger partial charge in [0.05, 0.1) is 7.11 Å². The van der Waals surface area contributed by atoms with Gasteiger partial charge in [0.2, 0.25) is 5.91 Å². The van der Waals surface area contributed by atoms with Crippen LogP contribution >= 0.6 is 0 Å². The number of likely N-dealkylation sites (tertiary alicyclic amines) is 1. The van der Waals surface area contributed by atoms with Gasteiger partial charge in [-0.25, -0.2) is 4.39 Å². The van der Waals surface area contributed by atoms with Crippen molar-refractivity contribution in [2.45, 2.75) is 18.9 Å². The van der Waals surface area contributed by atoms with Gasteiger partial charge in [-0.2, -0.15) is 0 Å². The van der Waals surface area contributed by atoms with Crippen molar-refractivity contribution in [3.63, 3.8) is 0 Å². The first-order valence-electron chi connectivity index (χ1n) is 10.8. The SMILES string of the molecule is C=CCNC(=O)C(NC(=O)c1ccc(OC)cc1)C1CCN(C(=O)c2cccc(F)c2)CC1. The van der Waals surface area contributed by atoms with Crippen LogP contribution in [0.2, 0.25) is 0 Å². The van der Waals surface area contributed by atoms with E-state index in [1.165, 1.54) is 18.2 Å². The van der Waals surface area contributed by atoms with Crippen molar-refractivity contribution < 1.29 is 23.5 Å². The first-order chi connectivity index (χ1) is 15.9.